The minimum atomic E-state index is -0.0863. The summed E-state index contributed by atoms with van der Waals surface area (Å²) in [5, 5.41) is 6.06. The molecule has 0 spiro atoms. The van der Waals surface area contributed by atoms with E-state index >= 15 is 0 Å². The lowest BCUT2D eigenvalue weighted by molar-refractivity contribution is 0.119. The Bertz CT molecular complexity index is 599. The zero-order chi connectivity index (χ0) is 19.1. The van der Waals surface area contributed by atoms with Gasteiger partial charge >= 0.3 is 6.03 Å². The van der Waals surface area contributed by atoms with E-state index in [-0.39, 0.29) is 12.1 Å². The number of fused-ring (bicyclic) bond motifs is 1. The molecule has 5 nitrogen and oxygen atoms in total. The predicted molar refractivity (Wildman–Crippen MR) is 109 cm³/mol. The van der Waals surface area contributed by atoms with E-state index in [1.165, 1.54) is 32.1 Å². The molecular weight excluding hydrogens is 338 g/mol. The van der Waals surface area contributed by atoms with Crippen LogP contribution >= 0.6 is 0 Å². The number of carbonyl (C=O) groups is 1. The van der Waals surface area contributed by atoms with Gasteiger partial charge in [-0.05, 0) is 51.2 Å². The van der Waals surface area contributed by atoms with Crippen LogP contribution in [0.5, 0.6) is 5.75 Å². The van der Waals surface area contributed by atoms with Gasteiger partial charge in [0, 0.05) is 25.2 Å². The summed E-state index contributed by atoms with van der Waals surface area (Å²) in [4.78, 5) is 14.8. The van der Waals surface area contributed by atoms with Crippen molar-refractivity contribution >= 4 is 6.03 Å². The van der Waals surface area contributed by atoms with Gasteiger partial charge in [0.05, 0.1) is 6.04 Å². The standard InChI is InChI=1S/C22H35N3O2/c1-17(2)25(20-10-4-3-5-11-20)14-8-13-23-22(26)24-19-15-18-9-6-7-12-21(18)27-16-19/h6-7,9,12,17,19-20H,3-5,8,10-11,13-16H2,1-2H3,(H2,23,24,26)/t19-/m1/s1. The average molecular weight is 374 g/mol. The molecule has 0 unspecified atom stereocenters. The van der Waals surface area contributed by atoms with E-state index in [0.29, 0.717) is 19.2 Å². The van der Waals surface area contributed by atoms with Gasteiger partial charge in [0.15, 0.2) is 0 Å². The van der Waals surface area contributed by atoms with Gasteiger partial charge in [-0.15, -0.1) is 0 Å². The molecule has 2 N–H and O–H groups in total. The highest BCUT2D eigenvalue weighted by atomic mass is 16.5. The fourth-order valence-corrected chi connectivity index (χ4v) is 4.40. The summed E-state index contributed by atoms with van der Waals surface area (Å²) in [6, 6.07) is 9.29. The van der Waals surface area contributed by atoms with Crippen LogP contribution in [-0.2, 0) is 6.42 Å². The van der Waals surface area contributed by atoms with Gasteiger partial charge in [-0.3, -0.25) is 4.90 Å². The predicted octanol–water partition coefficient (Wildman–Crippen LogP) is 3.72. The third kappa shape index (κ3) is 5.86. The molecule has 2 aliphatic rings. The van der Waals surface area contributed by atoms with Crippen molar-refractivity contribution in [2.45, 2.75) is 76.9 Å². The molecule has 0 radical (unpaired) electrons. The van der Waals surface area contributed by atoms with Gasteiger partial charge in [0.2, 0.25) is 0 Å². The van der Waals surface area contributed by atoms with Gasteiger partial charge in [-0.2, -0.15) is 0 Å². The minimum absolute atomic E-state index is 0.0364. The van der Waals surface area contributed by atoms with E-state index in [1.807, 2.05) is 18.2 Å². The molecule has 0 saturated heterocycles. The Balaban J connectivity index is 1.35. The lowest BCUT2D eigenvalue weighted by atomic mass is 9.93. The highest BCUT2D eigenvalue weighted by molar-refractivity contribution is 5.74. The number of ether oxygens (including phenoxy) is 1. The Labute approximate surface area is 163 Å². The molecule has 150 valence electrons. The van der Waals surface area contributed by atoms with Gasteiger partial charge < -0.3 is 15.4 Å². The summed E-state index contributed by atoms with van der Waals surface area (Å²) < 4.78 is 5.74. The molecule has 1 heterocycles. The third-order valence-corrected chi connectivity index (χ3v) is 5.80. The number of hydrogen-bond acceptors (Lipinski definition) is 3. The molecule has 2 amide bonds. The Hall–Kier alpha value is -1.75. The maximum Gasteiger partial charge on any atom is 0.315 e. The molecule has 1 atom stereocenters. The molecule has 0 bridgehead atoms. The SMILES string of the molecule is CC(C)N(CCCNC(=O)N[C@H]1COc2ccccc2C1)C1CCCCC1. The second kappa shape index (κ2) is 9.98. The summed E-state index contributed by atoms with van der Waals surface area (Å²) >= 11 is 0. The highest BCUT2D eigenvalue weighted by Gasteiger charge is 2.23. The van der Waals surface area contributed by atoms with Crippen molar-refractivity contribution in [1.82, 2.24) is 15.5 Å². The second-order valence-corrected chi connectivity index (χ2v) is 8.20. The molecule has 27 heavy (non-hydrogen) atoms. The summed E-state index contributed by atoms with van der Waals surface area (Å²) in [5.74, 6) is 0.937. The van der Waals surface area contributed by atoms with Crippen LogP contribution in [0.1, 0.15) is 57.9 Å². The van der Waals surface area contributed by atoms with Crippen molar-refractivity contribution in [3.8, 4) is 5.75 Å². The molecule has 1 aromatic rings. The van der Waals surface area contributed by atoms with Crippen LogP contribution in [0.3, 0.4) is 0 Å². The second-order valence-electron chi connectivity index (χ2n) is 8.20. The number of nitrogens with zero attached hydrogens (tertiary/aromatic N) is 1. The van der Waals surface area contributed by atoms with Crippen LogP contribution in [0, 0.1) is 0 Å². The monoisotopic (exact) mass is 373 g/mol. The zero-order valence-electron chi connectivity index (χ0n) is 16.9. The van der Waals surface area contributed by atoms with Crippen LogP contribution in [-0.4, -0.2) is 48.8 Å². The maximum absolute atomic E-state index is 12.2. The molecule has 1 aliphatic heterocycles. The Morgan fingerprint density at radius 2 is 2.00 bits per heavy atom. The minimum Gasteiger partial charge on any atom is -0.491 e. The van der Waals surface area contributed by atoms with Gasteiger partial charge in [-0.25, -0.2) is 4.79 Å². The smallest absolute Gasteiger partial charge is 0.315 e. The summed E-state index contributed by atoms with van der Waals surface area (Å²) in [6.45, 7) is 6.88. The first-order valence-corrected chi connectivity index (χ1v) is 10.6. The molecule has 1 fully saturated rings. The first kappa shape index (κ1) is 20.0. The van der Waals surface area contributed by atoms with Crippen molar-refractivity contribution in [2.24, 2.45) is 0 Å². The third-order valence-electron chi connectivity index (χ3n) is 5.80. The Morgan fingerprint density at radius 3 is 2.78 bits per heavy atom. The molecule has 1 aromatic carbocycles. The van der Waals surface area contributed by atoms with Crippen LogP contribution < -0.4 is 15.4 Å². The molecule has 0 aromatic heterocycles. The van der Waals surface area contributed by atoms with Crippen molar-refractivity contribution < 1.29 is 9.53 Å². The molecular formula is C22H35N3O2. The molecule has 5 heteroatoms. The van der Waals surface area contributed by atoms with E-state index in [1.54, 1.807) is 0 Å². The topological polar surface area (TPSA) is 53.6 Å². The number of nitrogens with one attached hydrogen (secondary N) is 2. The Morgan fingerprint density at radius 1 is 1.22 bits per heavy atom. The lowest BCUT2D eigenvalue weighted by Gasteiger charge is -2.37. The Kier molecular flexibility index (Phi) is 7.39. The fourth-order valence-electron chi connectivity index (χ4n) is 4.40. The van der Waals surface area contributed by atoms with Gasteiger partial charge in [-0.1, -0.05) is 37.5 Å². The lowest BCUT2D eigenvalue weighted by Crippen LogP contribution is -2.48. The van der Waals surface area contributed by atoms with Crippen molar-refractivity contribution in [3.05, 3.63) is 29.8 Å². The van der Waals surface area contributed by atoms with E-state index in [2.05, 4.69) is 35.4 Å². The quantitative estimate of drug-likeness (QED) is 0.716. The molecule has 1 aliphatic carbocycles. The normalized spacial score (nSPS) is 20.2. The van der Waals surface area contributed by atoms with Crippen LogP contribution in [0.2, 0.25) is 0 Å². The number of carbonyl (C=O) groups excluding carboxylic acids is 1. The number of benzene rings is 1. The largest absolute Gasteiger partial charge is 0.491 e. The maximum atomic E-state index is 12.2. The van der Waals surface area contributed by atoms with Gasteiger partial charge in [0.1, 0.15) is 12.4 Å². The van der Waals surface area contributed by atoms with Gasteiger partial charge in [0.25, 0.3) is 0 Å². The van der Waals surface area contributed by atoms with E-state index in [0.717, 1.165) is 36.7 Å². The first-order chi connectivity index (χ1) is 13.1. The van der Waals surface area contributed by atoms with Crippen molar-refractivity contribution in [1.29, 1.82) is 0 Å². The summed E-state index contributed by atoms with van der Waals surface area (Å²) in [5.41, 5.74) is 1.16. The number of hydrogen-bond donors (Lipinski definition) is 2. The molecule has 1 saturated carbocycles. The average Bonchev–Trinajstić information content (AvgIpc) is 2.68. The van der Waals surface area contributed by atoms with Crippen molar-refractivity contribution in [2.75, 3.05) is 19.7 Å². The number of amides is 2. The van der Waals surface area contributed by atoms with E-state index in [9.17, 15) is 4.79 Å². The zero-order valence-corrected chi connectivity index (χ0v) is 16.9. The molecule has 3 rings (SSSR count). The summed E-state index contributed by atoms with van der Waals surface area (Å²) in [7, 11) is 0. The fraction of sp³-hybridized carbons (Fsp3) is 0.682. The highest BCUT2D eigenvalue weighted by Crippen LogP contribution is 2.25. The first-order valence-electron chi connectivity index (χ1n) is 10.6. The summed E-state index contributed by atoms with van der Waals surface area (Å²) in [6.07, 6.45) is 8.59. The number of rotatable bonds is 7. The van der Waals surface area contributed by atoms with E-state index < -0.39 is 0 Å². The van der Waals surface area contributed by atoms with E-state index in [4.69, 9.17) is 4.74 Å². The van der Waals surface area contributed by atoms with Crippen molar-refractivity contribution in [3.63, 3.8) is 0 Å². The van der Waals surface area contributed by atoms with Crippen LogP contribution in [0.15, 0.2) is 24.3 Å². The van der Waals surface area contributed by atoms with Crippen LogP contribution in [0.4, 0.5) is 4.79 Å². The number of para-hydroxylation sites is 1. The van der Waals surface area contributed by atoms with Crippen LogP contribution in [0.25, 0.3) is 0 Å². The number of urea groups is 1.